The van der Waals surface area contributed by atoms with Crippen LogP contribution < -0.4 is 10.1 Å². The van der Waals surface area contributed by atoms with Gasteiger partial charge in [0, 0.05) is 6.54 Å². The molecular formula is C21H19NO2. The van der Waals surface area contributed by atoms with E-state index in [1.165, 1.54) is 11.1 Å². The molecule has 0 bridgehead atoms. The number of aromatic hydroxyl groups is 1. The van der Waals surface area contributed by atoms with Crippen LogP contribution in [0.3, 0.4) is 0 Å². The molecule has 3 heteroatoms. The summed E-state index contributed by atoms with van der Waals surface area (Å²) in [6.07, 6.45) is 0.931. The maximum Gasteiger partial charge on any atom is 0.127 e. The molecule has 1 heterocycles. The Hall–Kier alpha value is -2.78. The van der Waals surface area contributed by atoms with Crippen LogP contribution in [0.2, 0.25) is 0 Å². The summed E-state index contributed by atoms with van der Waals surface area (Å²) in [5.41, 5.74) is 3.58. The van der Waals surface area contributed by atoms with Crippen molar-refractivity contribution < 1.29 is 9.84 Å². The van der Waals surface area contributed by atoms with Gasteiger partial charge in [0.05, 0.1) is 6.04 Å². The van der Waals surface area contributed by atoms with E-state index >= 15 is 0 Å². The maximum absolute atomic E-state index is 9.71. The molecule has 2 N–H and O–H groups in total. The summed E-state index contributed by atoms with van der Waals surface area (Å²) >= 11 is 0. The van der Waals surface area contributed by atoms with Crippen molar-refractivity contribution in [3.05, 3.63) is 89.5 Å². The highest BCUT2D eigenvalue weighted by molar-refractivity contribution is 5.45. The molecule has 24 heavy (non-hydrogen) atoms. The van der Waals surface area contributed by atoms with Crippen LogP contribution in [0.15, 0.2) is 72.8 Å². The lowest BCUT2D eigenvalue weighted by Gasteiger charge is -2.27. The third-order valence-corrected chi connectivity index (χ3v) is 4.35. The summed E-state index contributed by atoms with van der Waals surface area (Å²) < 4.78 is 5.95. The Morgan fingerprint density at radius 3 is 2.58 bits per heavy atom. The highest BCUT2D eigenvalue weighted by Crippen LogP contribution is 2.33. The third kappa shape index (κ3) is 2.99. The lowest BCUT2D eigenvalue weighted by Crippen LogP contribution is -2.30. The van der Waals surface area contributed by atoms with E-state index in [2.05, 4.69) is 17.4 Å². The second-order valence-electron chi connectivity index (χ2n) is 6.01. The molecule has 4 rings (SSSR count). The van der Waals surface area contributed by atoms with Crippen LogP contribution in [0.1, 0.15) is 22.7 Å². The Balaban J connectivity index is 1.65. The number of ether oxygens (including phenoxy) is 1. The van der Waals surface area contributed by atoms with Gasteiger partial charge >= 0.3 is 0 Å². The van der Waals surface area contributed by atoms with Crippen LogP contribution in [0.5, 0.6) is 17.2 Å². The number of hydrogen-bond acceptors (Lipinski definition) is 3. The second-order valence-corrected chi connectivity index (χ2v) is 6.01. The Bertz CT molecular complexity index is 845. The largest absolute Gasteiger partial charge is 0.508 e. The van der Waals surface area contributed by atoms with Gasteiger partial charge in [-0.2, -0.15) is 0 Å². The maximum atomic E-state index is 9.71. The van der Waals surface area contributed by atoms with Gasteiger partial charge in [0.15, 0.2) is 0 Å². The zero-order valence-electron chi connectivity index (χ0n) is 13.3. The molecule has 1 aliphatic heterocycles. The van der Waals surface area contributed by atoms with Crippen molar-refractivity contribution in [2.24, 2.45) is 0 Å². The van der Waals surface area contributed by atoms with Gasteiger partial charge < -0.3 is 15.2 Å². The first kappa shape index (κ1) is 14.8. The first-order valence-electron chi connectivity index (χ1n) is 8.18. The molecule has 0 aromatic heterocycles. The van der Waals surface area contributed by atoms with Crippen molar-refractivity contribution >= 4 is 0 Å². The molecule has 3 nitrogen and oxygen atoms in total. The van der Waals surface area contributed by atoms with Crippen molar-refractivity contribution in [3.8, 4) is 17.2 Å². The molecule has 0 aliphatic carbocycles. The van der Waals surface area contributed by atoms with E-state index in [0.717, 1.165) is 30.0 Å². The summed E-state index contributed by atoms with van der Waals surface area (Å²) in [4.78, 5) is 0. The number of phenols is 1. The van der Waals surface area contributed by atoms with Crippen LogP contribution in [0, 0.1) is 0 Å². The summed E-state index contributed by atoms with van der Waals surface area (Å²) in [5.74, 6) is 1.98. The minimum absolute atomic E-state index is 0.119. The molecule has 0 radical (unpaired) electrons. The number of benzene rings is 3. The Kier molecular flexibility index (Phi) is 3.93. The highest BCUT2D eigenvalue weighted by atomic mass is 16.5. The Morgan fingerprint density at radius 1 is 0.875 bits per heavy atom. The van der Waals surface area contributed by atoms with E-state index in [9.17, 15) is 5.11 Å². The fraction of sp³-hybridized carbons (Fsp3) is 0.143. The first-order chi connectivity index (χ1) is 11.8. The first-order valence-corrected chi connectivity index (χ1v) is 8.18. The predicted octanol–water partition coefficient (Wildman–Crippen LogP) is 4.42. The van der Waals surface area contributed by atoms with Crippen molar-refractivity contribution in [3.63, 3.8) is 0 Å². The van der Waals surface area contributed by atoms with E-state index in [1.54, 1.807) is 6.07 Å². The van der Waals surface area contributed by atoms with Crippen LogP contribution in [0.4, 0.5) is 0 Å². The predicted molar refractivity (Wildman–Crippen MR) is 94.6 cm³/mol. The third-order valence-electron chi connectivity index (χ3n) is 4.35. The summed E-state index contributed by atoms with van der Waals surface area (Å²) in [5, 5.41) is 13.3. The monoisotopic (exact) mass is 317 g/mol. The zero-order valence-corrected chi connectivity index (χ0v) is 13.3. The molecule has 120 valence electrons. The quantitative estimate of drug-likeness (QED) is 0.751. The normalized spacial score (nSPS) is 16.4. The van der Waals surface area contributed by atoms with Crippen molar-refractivity contribution in [1.29, 1.82) is 0 Å². The van der Waals surface area contributed by atoms with Crippen LogP contribution >= 0.6 is 0 Å². The van der Waals surface area contributed by atoms with Gasteiger partial charge in [0.25, 0.3) is 0 Å². The number of nitrogens with one attached hydrogen (secondary N) is 1. The summed E-state index contributed by atoms with van der Waals surface area (Å²) in [6.45, 7) is 0.894. The fourth-order valence-corrected chi connectivity index (χ4v) is 3.23. The van der Waals surface area contributed by atoms with Gasteiger partial charge in [-0.25, -0.2) is 0 Å². The molecule has 1 atom stereocenters. The summed E-state index contributed by atoms with van der Waals surface area (Å²) in [7, 11) is 0. The van der Waals surface area contributed by atoms with E-state index in [-0.39, 0.29) is 6.04 Å². The van der Waals surface area contributed by atoms with Crippen molar-refractivity contribution in [2.75, 3.05) is 6.54 Å². The number of phenolic OH excluding ortho intramolecular Hbond substituents is 1. The molecule has 3 aromatic carbocycles. The molecule has 1 aliphatic rings. The number of hydrogen-bond donors (Lipinski definition) is 2. The van der Waals surface area contributed by atoms with E-state index in [4.69, 9.17) is 4.74 Å². The lowest BCUT2D eigenvalue weighted by atomic mass is 9.89. The lowest BCUT2D eigenvalue weighted by molar-refractivity contribution is 0.470. The minimum atomic E-state index is 0.119. The Morgan fingerprint density at radius 2 is 1.71 bits per heavy atom. The topological polar surface area (TPSA) is 41.5 Å². The van der Waals surface area contributed by atoms with Crippen LogP contribution in [-0.4, -0.2) is 11.7 Å². The molecule has 0 saturated heterocycles. The zero-order chi connectivity index (χ0) is 16.4. The molecule has 3 aromatic rings. The van der Waals surface area contributed by atoms with E-state index in [1.807, 2.05) is 54.6 Å². The standard InChI is InChI=1S/C21H19NO2/c23-17-9-10-20-15(13-17)11-12-22-21(20)16-5-4-8-19(14-16)24-18-6-2-1-3-7-18/h1-10,13-14,21-23H,11-12H2. The number of fused-ring (bicyclic) bond motifs is 1. The molecule has 0 fully saturated rings. The highest BCUT2D eigenvalue weighted by Gasteiger charge is 2.21. The van der Waals surface area contributed by atoms with Gasteiger partial charge in [-0.15, -0.1) is 0 Å². The average molecular weight is 317 g/mol. The van der Waals surface area contributed by atoms with E-state index in [0.29, 0.717) is 5.75 Å². The van der Waals surface area contributed by atoms with Gasteiger partial charge in [-0.1, -0.05) is 36.4 Å². The molecule has 1 unspecified atom stereocenters. The minimum Gasteiger partial charge on any atom is -0.508 e. The van der Waals surface area contributed by atoms with Crippen LogP contribution in [-0.2, 0) is 6.42 Å². The number of rotatable bonds is 3. The van der Waals surface area contributed by atoms with Gasteiger partial charge in [-0.05, 0) is 59.5 Å². The average Bonchev–Trinajstić information content (AvgIpc) is 2.62. The Labute approximate surface area is 141 Å². The van der Waals surface area contributed by atoms with Crippen molar-refractivity contribution in [1.82, 2.24) is 5.32 Å². The van der Waals surface area contributed by atoms with Gasteiger partial charge in [-0.3, -0.25) is 0 Å². The fourth-order valence-electron chi connectivity index (χ4n) is 3.23. The number of para-hydroxylation sites is 1. The van der Waals surface area contributed by atoms with Crippen molar-refractivity contribution in [2.45, 2.75) is 12.5 Å². The summed E-state index contributed by atoms with van der Waals surface area (Å²) in [6, 6.07) is 23.7. The van der Waals surface area contributed by atoms with E-state index < -0.39 is 0 Å². The SMILES string of the molecule is Oc1ccc2c(c1)CCNC2c1cccc(Oc2ccccc2)c1. The van der Waals surface area contributed by atoms with Gasteiger partial charge in [0.2, 0.25) is 0 Å². The van der Waals surface area contributed by atoms with Gasteiger partial charge in [0.1, 0.15) is 17.2 Å². The molecule has 0 amide bonds. The van der Waals surface area contributed by atoms with Crippen LogP contribution in [0.25, 0.3) is 0 Å². The second kappa shape index (κ2) is 6.38. The molecule has 0 spiro atoms. The smallest absolute Gasteiger partial charge is 0.127 e. The molecular weight excluding hydrogens is 298 g/mol. The molecule has 0 saturated carbocycles.